The second kappa shape index (κ2) is 6.88. The highest BCUT2D eigenvalue weighted by Gasteiger charge is 2.38. The van der Waals surface area contributed by atoms with Crippen LogP contribution in [0.5, 0.6) is 5.75 Å². The molecule has 0 bridgehead atoms. The van der Waals surface area contributed by atoms with Crippen molar-refractivity contribution in [2.75, 3.05) is 7.11 Å². The molecule has 0 spiro atoms. The summed E-state index contributed by atoms with van der Waals surface area (Å²) in [7, 11) is -2.18. The Hall–Kier alpha value is -1.60. The molecule has 0 saturated heterocycles. The first-order valence-corrected chi connectivity index (χ1v) is 8.73. The fraction of sp³-hybridized carbons (Fsp3) is 0.562. The highest BCUT2D eigenvalue weighted by Crippen LogP contribution is 2.29. The minimum atomic E-state index is -3.68. The molecular formula is C16H25NO5S. The Morgan fingerprint density at radius 2 is 1.61 bits per heavy atom. The van der Waals surface area contributed by atoms with Crippen molar-refractivity contribution >= 4 is 15.7 Å². The molecule has 1 N–H and O–H groups in total. The van der Waals surface area contributed by atoms with Gasteiger partial charge in [0, 0.05) is 6.42 Å². The van der Waals surface area contributed by atoms with Gasteiger partial charge in [-0.15, -0.1) is 0 Å². The molecule has 0 saturated carbocycles. The van der Waals surface area contributed by atoms with Crippen molar-refractivity contribution in [3.8, 4) is 5.75 Å². The first-order chi connectivity index (χ1) is 10.4. The number of sulfone groups is 1. The third-order valence-corrected chi connectivity index (χ3v) is 5.65. The molecule has 0 aliphatic carbocycles. The molecular weight excluding hydrogens is 318 g/mol. The molecule has 6 nitrogen and oxygen atoms in total. The molecule has 0 radical (unpaired) electrons. The normalized spacial score (nSPS) is 12.8. The molecule has 1 amide bonds. The van der Waals surface area contributed by atoms with E-state index in [0.29, 0.717) is 5.75 Å². The summed E-state index contributed by atoms with van der Waals surface area (Å²) < 4.78 is 29.2. The van der Waals surface area contributed by atoms with Crippen molar-refractivity contribution in [1.82, 2.24) is 5.48 Å². The van der Waals surface area contributed by atoms with Gasteiger partial charge in [0.15, 0.2) is 9.84 Å². The topological polar surface area (TPSA) is 81.7 Å². The van der Waals surface area contributed by atoms with Crippen LogP contribution in [0.25, 0.3) is 0 Å². The van der Waals surface area contributed by atoms with E-state index in [4.69, 9.17) is 9.57 Å². The van der Waals surface area contributed by atoms with Crippen LogP contribution in [0.2, 0.25) is 0 Å². The Kier molecular flexibility index (Phi) is 5.82. The number of methoxy groups -OCH3 is 1. The number of hydrogen-bond donors (Lipinski definition) is 1. The molecule has 1 rings (SSSR count). The van der Waals surface area contributed by atoms with E-state index in [2.05, 4.69) is 5.48 Å². The minimum Gasteiger partial charge on any atom is -0.497 e. The number of hydroxylamine groups is 1. The van der Waals surface area contributed by atoms with Crippen molar-refractivity contribution in [2.24, 2.45) is 0 Å². The third kappa shape index (κ3) is 5.21. The smallest absolute Gasteiger partial charge is 0.245 e. The molecule has 130 valence electrons. The molecule has 7 heteroatoms. The van der Waals surface area contributed by atoms with E-state index in [1.165, 1.54) is 33.1 Å². The maximum absolute atomic E-state index is 12.7. The maximum Gasteiger partial charge on any atom is 0.245 e. The van der Waals surface area contributed by atoms with E-state index < -0.39 is 26.1 Å². The van der Waals surface area contributed by atoms with Gasteiger partial charge in [-0.25, -0.2) is 13.9 Å². The second-order valence-corrected chi connectivity index (χ2v) is 9.44. The molecule has 0 heterocycles. The fourth-order valence-electron chi connectivity index (χ4n) is 1.80. The van der Waals surface area contributed by atoms with Crippen molar-refractivity contribution in [3.63, 3.8) is 0 Å². The van der Waals surface area contributed by atoms with Gasteiger partial charge in [0.2, 0.25) is 5.91 Å². The van der Waals surface area contributed by atoms with Crippen LogP contribution in [0.3, 0.4) is 0 Å². The summed E-state index contributed by atoms with van der Waals surface area (Å²) in [4.78, 5) is 17.3. The number of amides is 1. The van der Waals surface area contributed by atoms with E-state index in [0.717, 1.165) is 0 Å². The van der Waals surface area contributed by atoms with Gasteiger partial charge in [-0.2, -0.15) is 0 Å². The summed E-state index contributed by atoms with van der Waals surface area (Å²) >= 11 is 0. The first-order valence-electron chi connectivity index (χ1n) is 7.24. The van der Waals surface area contributed by atoms with Crippen LogP contribution < -0.4 is 10.2 Å². The molecule has 1 aromatic rings. The number of rotatable bonds is 6. The van der Waals surface area contributed by atoms with Gasteiger partial charge in [-0.05, 0) is 58.9 Å². The van der Waals surface area contributed by atoms with Gasteiger partial charge in [0.05, 0.1) is 22.4 Å². The van der Waals surface area contributed by atoms with Crippen LogP contribution in [-0.4, -0.2) is 31.8 Å². The number of ether oxygens (including phenoxy) is 1. The van der Waals surface area contributed by atoms with Crippen LogP contribution in [-0.2, 0) is 19.5 Å². The van der Waals surface area contributed by atoms with Crippen LogP contribution in [0.15, 0.2) is 29.2 Å². The lowest BCUT2D eigenvalue weighted by molar-refractivity contribution is -0.146. The average Bonchev–Trinajstić information content (AvgIpc) is 2.44. The zero-order valence-corrected chi connectivity index (χ0v) is 15.3. The Morgan fingerprint density at radius 3 is 2.04 bits per heavy atom. The van der Waals surface area contributed by atoms with E-state index in [1.54, 1.807) is 32.9 Å². The zero-order valence-electron chi connectivity index (χ0n) is 14.5. The van der Waals surface area contributed by atoms with Crippen molar-refractivity contribution < 1.29 is 22.8 Å². The Balaban J connectivity index is 2.89. The number of nitrogens with one attached hydrogen (secondary N) is 1. The van der Waals surface area contributed by atoms with Crippen molar-refractivity contribution in [2.45, 2.75) is 56.3 Å². The Bertz CT molecular complexity index is 642. The highest BCUT2D eigenvalue weighted by atomic mass is 32.2. The quantitative estimate of drug-likeness (QED) is 0.803. The molecule has 0 unspecified atom stereocenters. The lowest BCUT2D eigenvalue weighted by Gasteiger charge is -2.25. The largest absolute Gasteiger partial charge is 0.497 e. The van der Waals surface area contributed by atoms with Crippen LogP contribution in [0, 0.1) is 0 Å². The highest BCUT2D eigenvalue weighted by molar-refractivity contribution is 7.92. The monoisotopic (exact) mass is 343 g/mol. The fourth-order valence-corrected chi connectivity index (χ4v) is 3.26. The molecule has 23 heavy (non-hydrogen) atoms. The summed E-state index contributed by atoms with van der Waals surface area (Å²) in [6.45, 7) is 8.39. The summed E-state index contributed by atoms with van der Waals surface area (Å²) in [5.74, 6) is 0.0834. The van der Waals surface area contributed by atoms with Gasteiger partial charge in [-0.1, -0.05) is 0 Å². The molecule has 0 aromatic heterocycles. The molecule has 1 aromatic carbocycles. The van der Waals surface area contributed by atoms with E-state index in [1.807, 2.05) is 0 Å². The van der Waals surface area contributed by atoms with E-state index in [-0.39, 0.29) is 11.3 Å². The third-order valence-electron chi connectivity index (χ3n) is 3.15. The lowest BCUT2D eigenvalue weighted by Crippen LogP contribution is -2.41. The SMILES string of the molecule is COc1ccc(S(=O)(=O)C(C)(C)CC(=O)NOC(C)(C)C)cc1. The number of carbonyl (C=O) groups is 1. The van der Waals surface area contributed by atoms with Gasteiger partial charge >= 0.3 is 0 Å². The number of benzene rings is 1. The average molecular weight is 343 g/mol. The van der Waals surface area contributed by atoms with E-state index in [9.17, 15) is 13.2 Å². The summed E-state index contributed by atoms with van der Waals surface area (Å²) in [5.41, 5.74) is 1.75. The van der Waals surface area contributed by atoms with Crippen LogP contribution in [0.1, 0.15) is 41.0 Å². The van der Waals surface area contributed by atoms with Crippen molar-refractivity contribution in [1.29, 1.82) is 0 Å². The number of carbonyl (C=O) groups excluding carboxylic acids is 1. The van der Waals surface area contributed by atoms with Gasteiger partial charge in [0.1, 0.15) is 5.75 Å². The summed E-state index contributed by atoms with van der Waals surface area (Å²) in [6, 6.07) is 6.09. The van der Waals surface area contributed by atoms with Gasteiger partial charge in [0.25, 0.3) is 0 Å². The van der Waals surface area contributed by atoms with Crippen LogP contribution >= 0.6 is 0 Å². The first kappa shape index (κ1) is 19.4. The summed E-state index contributed by atoms with van der Waals surface area (Å²) in [5, 5.41) is 0. The minimum absolute atomic E-state index is 0.146. The predicted molar refractivity (Wildman–Crippen MR) is 87.9 cm³/mol. The zero-order chi connectivity index (χ0) is 17.9. The second-order valence-electron chi connectivity index (χ2n) is 6.86. The van der Waals surface area contributed by atoms with Crippen LogP contribution in [0.4, 0.5) is 0 Å². The lowest BCUT2D eigenvalue weighted by atomic mass is 10.1. The molecule has 0 atom stereocenters. The molecule has 0 fully saturated rings. The number of hydrogen-bond acceptors (Lipinski definition) is 5. The maximum atomic E-state index is 12.7. The molecule has 0 aliphatic rings. The predicted octanol–water partition coefficient (Wildman–Crippen LogP) is 2.48. The molecule has 0 aliphatic heterocycles. The standard InChI is InChI=1S/C16H25NO5S/c1-15(2,3)22-17-14(18)11-16(4,5)23(19,20)13-9-7-12(21-6)8-10-13/h7-10H,11H2,1-6H3,(H,17,18). The van der Waals surface area contributed by atoms with Gasteiger partial charge < -0.3 is 4.74 Å². The summed E-state index contributed by atoms with van der Waals surface area (Å²) in [6.07, 6.45) is -0.211. The van der Waals surface area contributed by atoms with Crippen molar-refractivity contribution in [3.05, 3.63) is 24.3 Å². The van der Waals surface area contributed by atoms with Gasteiger partial charge in [-0.3, -0.25) is 9.63 Å². The Morgan fingerprint density at radius 1 is 1.09 bits per heavy atom. The van der Waals surface area contributed by atoms with E-state index >= 15 is 0 Å². The Labute approximate surface area is 138 Å².